The molecule has 0 saturated carbocycles. The van der Waals surface area contributed by atoms with Gasteiger partial charge in [-0.15, -0.1) is 0 Å². The molecule has 2 aliphatic heterocycles. The van der Waals surface area contributed by atoms with Gasteiger partial charge in [-0.3, -0.25) is 4.79 Å². The third-order valence-electron chi connectivity index (χ3n) is 4.86. The molecule has 21 heavy (non-hydrogen) atoms. The minimum Gasteiger partial charge on any atom is -0.342 e. The average molecular weight is 307 g/mol. The molecule has 4 heteroatoms. The molecule has 1 aromatic carbocycles. The Labute approximate surface area is 131 Å². The summed E-state index contributed by atoms with van der Waals surface area (Å²) in [6, 6.07) is 8.31. The summed E-state index contributed by atoms with van der Waals surface area (Å²) in [5.74, 6) is 0.956. The van der Waals surface area contributed by atoms with E-state index in [-0.39, 0.29) is 5.91 Å². The molecule has 1 amide bonds. The molecule has 2 heterocycles. The van der Waals surface area contributed by atoms with Crippen molar-refractivity contribution in [3.05, 3.63) is 34.9 Å². The number of hydrogen-bond acceptors (Lipinski definition) is 2. The Balaban J connectivity index is 1.52. The third-order valence-corrected chi connectivity index (χ3v) is 5.23. The molecular weight excluding hydrogens is 284 g/mol. The highest BCUT2D eigenvalue weighted by atomic mass is 35.5. The lowest BCUT2D eigenvalue weighted by Crippen LogP contribution is -2.43. The molecule has 1 aromatic rings. The first kappa shape index (κ1) is 14.9. The number of amides is 1. The Morgan fingerprint density at radius 1 is 1.24 bits per heavy atom. The Morgan fingerprint density at radius 3 is 2.67 bits per heavy atom. The highest BCUT2D eigenvalue weighted by Crippen LogP contribution is 2.26. The van der Waals surface area contributed by atoms with E-state index in [1.165, 1.54) is 12.8 Å². The molecule has 3 nitrogen and oxygen atoms in total. The number of carbonyl (C=O) groups excluding carboxylic acids is 1. The zero-order valence-corrected chi connectivity index (χ0v) is 13.1. The van der Waals surface area contributed by atoms with Gasteiger partial charge in [-0.2, -0.15) is 0 Å². The number of nitrogens with zero attached hydrogens (tertiary/aromatic N) is 1. The monoisotopic (exact) mass is 306 g/mol. The van der Waals surface area contributed by atoms with Gasteiger partial charge in [0.05, 0.1) is 6.42 Å². The van der Waals surface area contributed by atoms with Gasteiger partial charge >= 0.3 is 0 Å². The summed E-state index contributed by atoms with van der Waals surface area (Å²) in [4.78, 5) is 14.4. The Kier molecular flexibility index (Phi) is 4.81. The van der Waals surface area contributed by atoms with E-state index in [0.717, 1.165) is 44.0 Å². The predicted octanol–water partition coefficient (Wildman–Crippen LogP) is 2.87. The summed E-state index contributed by atoms with van der Waals surface area (Å²) in [6.07, 6.45) is 5.29. The van der Waals surface area contributed by atoms with Crippen LogP contribution in [-0.4, -0.2) is 36.5 Å². The standard InChI is InChI=1S/C17H23ClN2O/c18-15-5-2-1-4-14(15)12-17(21)20-10-7-13(8-11-20)16-6-3-9-19-16/h1-2,4-5,13,16,19H,3,6-12H2. The second kappa shape index (κ2) is 6.80. The predicted molar refractivity (Wildman–Crippen MR) is 85.5 cm³/mol. The van der Waals surface area contributed by atoms with Crippen molar-refractivity contribution in [1.82, 2.24) is 10.2 Å². The number of piperidine rings is 1. The van der Waals surface area contributed by atoms with Gasteiger partial charge in [-0.1, -0.05) is 29.8 Å². The number of likely N-dealkylation sites (tertiary alicyclic amines) is 1. The van der Waals surface area contributed by atoms with E-state index in [0.29, 0.717) is 17.5 Å². The molecule has 114 valence electrons. The van der Waals surface area contributed by atoms with Crippen molar-refractivity contribution >= 4 is 17.5 Å². The van der Waals surface area contributed by atoms with Crippen LogP contribution in [0.4, 0.5) is 0 Å². The molecule has 2 aliphatic rings. The van der Waals surface area contributed by atoms with Gasteiger partial charge in [-0.05, 0) is 49.8 Å². The number of halogens is 1. The Morgan fingerprint density at radius 2 is 2.00 bits per heavy atom. The molecule has 0 aliphatic carbocycles. The maximum atomic E-state index is 12.4. The van der Waals surface area contributed by atoms with Crippen molar-refractivity contribution in [2.75, 3.05) is 19.6 Å². The van der Waals surface area contributed by atoms with Crippen LogP contribution in [0.5, 0.6) is 0 Å². The molecule has 1 atom stereocenters. The van der Waals surface area contributed by atoms with Gasteiger partial charge in [0.2, 0.25) is 5.91 Å². The van der Waals surface area contributed by atoms with E-state index >= 15 is 0 Å². The lowest BCUT2D eigenvalue weighted by molar-refractivity contribution is -0.132. The number of benzene rings is 1. The van der Waals surface area contributed by atoms with Gasteiger partial charge < -0.3 is 10.2 Å². The van der Waals surface area contributed by atoms with E-state index in [9.17, 15) is 4.79 Å². The van der Waals surface area contributed by atoms with Gasteiger partial charge in [0.25, 0.3) is 0 Å². The minimum absolute atomic E-state index is 0.209. The summed E-state index contributed by atoms with van der Waals surface area (Å²) in [7, 11) is 0. The van der Waals surface area contributed by atoms with Gasteiger partial charge in [0.15, 0.2) is 0 Å². The highest BCUT2D eigenvalue weighted by Gasteiger charge is 2.29. The minimum atomic E-state index is 0.209. The maximum Gasteiger partial charge on any atom is 0.227 e. The summed E-state index contributed by atoms with van der Waals surface area (Å²) < 4.78 is 0. The topological polar surface area (TPSA) is 32.3 Å². The van der Waals surface area contributed by atoms with E-state index in [2.05, 4.69) is 5.32 Å². The quantitative estimate of drug-likeness (QED) is 0.931. The lowest BCUT2D eigenvalue weighted by atomic mass is 9.88. The van der Waals surface area contributed by atoms with Crippen LogP contribution in [0.3, 0.4) is 0 Å². The fraction of sp³-hybridized carbons (Fsp3) is 0.588. The van der Waals surface area contributed by atoms with E-state index in [4.69, 9.17) is 11.6 Å². The molecule has 1 unspecified atom stereocenters. The van der Waals surface area contributed by atoms with Crippen LogP contribution in [0, 0.1) is 5.92 Å². The third kappa shape index (κ3) is 3.58. The molecule has 2 fully saturated rings. The van der Waals surface area contributed by atoms with Crippen LogP contribution in [0.1, 0.15) is 31.2 Å². The first-order valence-electron chi connectivity index (χ1n) is 7.98. The fourth-order valence-electron chi connectivity index (χ4n) is 3.58. The van der Waals surface area contributed by atoms with E-state index in [1.54, 1.807) is 0 Å². The van der Waals surface area contributed by atoms with Crippen LogP contribution < -0.4 is 5.32 Å². The van der Waals surface area contributed by atoms with Crippen LogP contribution in [-0.2, 0) is 11.2 Å². The number of nitrogens with one attached hydrogen (secondary N) is 1. The SMILES string of the molecule is O=C(Cc1ccccc1Cl)N1CCC(C2CCCN2)CC1. The zero-order valence-electron chi connectivity index (χ0n) is 12.4. The second-order valence-corrected chi connectivity index (χ2v) is 6.60. The first-order chi connectivity index (χ1) is 10.2. The van der Waals surface area contributed by atoms with Crippen molar-refractivity contribution in [2.24, 2.45) is 5.92 Å². The highest BCUT2D eigenvalue weighted by molar-refractivity contribution is 6.31. The van der Waals surface area contributed by atoms with Crippen molar-refractivity contribution in [3.63, 3.8) is 0 Å². The Hall–Kier alpha value is -1.06. The van der Waals surface area contributed by atoms with E-state index < -0.39 is 0 Å². The van der Waals surface area contributed by atoms with Crippen molar-refractivity contribution in [2.45, 2.75) is 38.1 Å². The van der Waals surface area contributed by atoms with Gasteiger partial charge in [0, 0.05) is 24.2 Å². The van der Waals surface area contributed by atoms with Crippen LogP contribution >= 0.6 is 11.6 Å². The summed E-state index contributed by atoms with van der Waals surface area (Å²) in [6.45, 7) is 2.95. The summed E-state index contributed by atoms with van der Waals surface area (Å²) in [5.41, 5.74) is 0.934. The zero-order chi connectivity index (χ0) is 14.7. The maximum absolute atomic E-state index is 12.4. The lowest BCUT2D eigenvalue weighted by Gasteiger charge is -2.35. The number of rotatable bonds is 3. The largest absolute Gasteiger partial charge is 0.342 e. The van der Waals surface area contributed by atoms with Crippen LogP contribution in [0.25, 0.3) is 0 Å². The summed E-state index contributed by atoms with van der Waals surface area (Å²) >= 11 is 6.14. The molecule has 1 N–H and O–H groups in total. The molecule has 0 spiro atoms. The normalized spacial score (nSPS) is 23.5. The van der Waals surface area contributed by atoms with Crippen molar-refractivity contribution in [1.29, 1.82) is 0 Å². The Bertz CT molecular complexity index is 491. The fourth-order valence-corrected chi connectivity index (χ4v) is 3.78. The molecular formula is C17H23ClN2O. The molecule has 2 saturated heterocycles. The first-order valence-corrected chi connectivity index (χ1v) is 8.36. The van der Waals surface area contributed by atoms with E-state index in [1.807, 2.05) is 29.2 Å². The molecule has 3 rings (SSSR count). The summed E-state index contributed by atoms with van der Waals surface area (Å²) in [5, 5.41) is 4.29. The second-order valence-electron chi connectivity index (χ2n) is 6.19. The van der Waals surface area contributed by atoms with Crippen molar-refractivity contribution in [3.8, 4) is 0 Å². The van der Waals surface area contributed by atoms with Crippen molar-refractivity contribution < 1.29 is 4.79 Å². The average Bonchev–Trinajstić information content (AvgIpc) is 3.04. The smallest absolute Gasteiger partial charge is 0.227 e. The molecule has 0 aromatic heterocycles. The number of hydrogen-bond donors (Lipinski definition) is 1. The van der Waals surface area contributed by atoms with Crippen LogP contribution in [0.15, 0.2) is 24.3 Å². The molecule has 0 bridgehead atoms. The molecule has 0 radical (unpaired) electrons. The van der Waals surface area contributed by atoms with Crippen LogP contribution in [0.2, 0.25) is 5.02 Å². The number of carbonyl (C=O) groups is 1. The van der Waals surface area contributed by atoms with Gasteiger partial charge in [0.1, 0.15) is 0 Å². The van der Waals surface area contributed by atoms with Gasteiger partial charge in [-0.25, -0.2) is 0 Å².